The van der Waals surface area contributed by atoms with Crippen LogP contribution in [0.3, 0.4) is 0 Å². The minimum absolute atomic E-state index is 0.260. The van der Waals surface area contributed by atoms with E-state index >= 15 is 0 Å². The molecule has 0 unspecified atom stereocenters. The monoisotopic (exact) mass is 406 g/mol. The van der Waals surface area contributed by atoms with Crippen molar-refractivity contribution >= 4 is 39.3 Å². The molecule has 0 radical (unpaired) electrons. The van der Waals surface area contributed by atoms with Crippen LogP contribution in [0.25, 0.3) is 0 Å². The van der Waals surface area contributed by atoms with E-state index < -0.39 is 5.82 Å². The van der Waals surface area contributed by atoms with Crippen molar-refractivity contribution in [3.05, 3.63) is 64.6 Å². The van der Waals surface area contributed by atoms with Crippen LogP contribution in [-0.2, 0) is 7.05 Å². The normalized spacial score (nSPS) is 10.6. The maximum Gasteiger partial charge on any atom is 0.255 e. The summed E-state index contributed by atoms with van der Waals surface area (Å²) in [5.74, 6) is -0.823. The average molecular weight is 407 g/mol. The quantitative estimate of drug-likeness (QED) is 0.707. The van der Waals surface area contributed by atoms with Gasteiger partial charge in [-0.2, -0.15) is 4.98 Å². The predicted octanol–water partition coefficient (Wildman–Crippen LogP) is 4.12. The van der Waals surface area contributed by atoms with Gasteiger partial charge in [-0.25, -0.2) is 9.07 Å². The molecule has 122 valence electrons. The van der Waals surface area contributed by atoms with Crippen molar-refractivity contribution in [2.45, 2.75) is 10.1 Å². The van der Waals surface area contributed by atoms with Gasteiger partial charge in [-0.1, -0.05) is 18.2 Å². The van der Waals surface area contributed by atoms with E-state index in [-0.39, 0.29) is 11.5 Å². The number of rotatable bonds is 4. The number of para-hydroxylation sites is 1. The summed E-state index contributed by atoms with van der Waals surface area (Å²) in [6.45, 7) is 0. The lowest BCUT2D eigenvalue weighted by atomic mass is 10.2. The number of aryl methyl sites for hydroxylation is 1. The molecule has 0 aliphatic carbocycles. The number of halogens is 2. The molecule has 0 aliphatic rings. The van der Waals surface area contributed by atoms with Gasteiger partial charge in [0, 0.05) is 17.5 Å². The summed E-state index contributed by atoms with van der Waals surface area (Å²) in [5.41, 5.74) is 0.882. The predicted molar refractivity (Wildman–Crippen MR) is 93.6 cm³/mol. The van der Waals surface area contributed by atoms with Gasteiger partial charge in [-0.3, -0.25) is 4.79 Å². The second-order valence-corrected chi connectivity index (χ2v) is 6.57. The van der Waals surface area contributed by atoms with Gasteiger partial charge >= 0.3 is 0 Å². The summed E-state index contributed by atoms with van der Waals surface area (Å²) in [5, 5.41) is 7.61. The highest BCUT2D eigenvalue weighted by Crippen LogP contribution is 2.32. The Morgan fingerprint density at radius 1 is 1.25 bits per heavy atom. The molecule has 0 atom stereocenters. The van der Waals surface area contributed by atoms with E-state index in [1.807, 2.05) is 18.2 Å². The Morgan fingerprint density at radius 3 is 2.75 bits per heavy atom. The Hall–Kier alpha value is -2.19. The summed E-state index contributed by atoms with van der Waals surface area (Å²) in [6, 6.07) is 12.9. The minimum Gasteiger partial charge on any atom is -0.321 e. The van der Waals surface area contributed by atoms with E-state index in [4.69, 9.17) is 0 Å². The van der Waals surface area contributed by atoms with Crippen LogP contribution in [0.15, 0.2) is 63.3 Å². The van der Waals surface area contributed by atoms with E-state index in [0.717, 1.165) is 4.90 Å². The van der Waals surface area contributed by atoms with Gasteiger partial charge in [0.15, 0.2) is 5.16 Å². The molecule has 2 aromatic carbocycles. The molecule has 1 amide bonds. The number of hydrogen-bond donors (Lipinski definition) is 1. The lowest BCUT2D eigenvalue weighted by Crippen LogP contribution is -2.12. The molecule has 0 spiro atoms. The lowest BCUT2D eigenvalue weighted by Gasteiger charge is -2.10. The van der Waals surface area contributed by atoms with Gasteiger partial charge in [0.25, 0.3) is 5.91 Å². The van der Waals surface area contributed by atoms with Crippen LogP contribution < -0.4 is 5.32 Å². The Bertz CT molecular complexity index is 899. The van der Waals surface area contributed by atoms with Gasteiger partial charge < -0.3 is 5.32 Å². The SMILES string of the molecule is Cn1nc(Br)nc1Sc1ccccc1NC(=O)c1cccc(F)c1. The zero-order valence-corrected chi connectivity index (χ0v) is 14.9. The molecule has 3 rings (SSSR count). The topological polar surface area (TPSA) is 59.8 Å². The number of hydrogen-bond acceptors (Lipinski definition) is 4. The summed E-state index contributed by atoms with van der Waals surface area (Å²) in [7, 11) is 1.79. The molecule has 1 heterocycles. The van der Waals surface area contributed by atoms with Gasteiger partial charge in [0.1, 0.15) is 5.82 Å². The van der Waals surface area contributed by atoms with E-state index in [2.05, 4.69) is 31.3 Å². The first kappa shape index (κ1) is 16.7. The summed E-state index contributed by atoms with van der Waals surface area (Å²) in [6.07, 6.45) is 0. The molecule has 8 heteroatoms. The van der Waals surface area contributed by atoms with Gasteiger partial charge in [-0.15, -0.1) is 5.10 Å². The first-order valence-corrected chi connectivity index (χ1v) is 8.54. The van der Waals surface area contributed by atoms with Crippen molar-refractivity contribution in [2.75, 3.05) is 5.32 Å². The number of anilines is 1. The maximum absolute atomic E-state index is 13.3. The molecular formula is C16H12BrFN4OS. The highest BCUT2D eigenvalue weighted by Gasteiger charge is 2.13. The molecule has 24 heavy (non-hydrogen) atoms. The summed E-state index contributed by atoms with van der Waals surface area (Å²) < 4.78 is 15.4. The van der Waals surface area contributed by atoms with Crippen molar-refractivity contribution in [3.63, 3.8) is 0 Å². The van der Waals surface area contributed by atoms with Crippen LogP contribution in [0.4, 0.5) is 10.1 Å². The number of benzene rings is 2. The van der Waals surface area contributed by atoms with E-state index in [0.29, 0.717) is 15.6 Å². The van der Waals surface area contributed by atoms with Crippen LogP contribution in [0.1, 0.15) is 10.4 Å². The number of amides is 1. The van der Waals surface area contributed by atoms with Crippen LogP contribution in [0.5, 0.6) is 0 Å². The number of nitrogens with zero attached hydrogens (tertiary/aromatic N) is 3. The van der Waals surface area contributed by atoms with E-state index in [9.17, 15) is 9.18 Å². The zero-order valence-electron chi connectivity index (χ0n) is 12.5. The second-order valence-electron chi connectivity index (χ2n) is 4.85. The summed E-state index contributed by atoms with van der Waals surface area (Å²) in [4.78, 5) is 17.4. The Kier molecular flexibility index (Phi) is 4.96. The molecule has 5 nitrogen and oxygen atoms in total. The van der Waals surface area contributed by atoms with E-state index in [1.54, 1.807) is 23.9 Å². The van der Waals surface area contributed by atoms with Gasteiger partial charge in [0.05, 0.1) is 5.69 Å². The second kappa shape index (κ2) is 7.14. The molecule has 0 fully saturated rings. The smallest absolute Gasteiger partial charge is 0.255 e. The molecular weight excluding hydrogens is 395 g/mol. The highest BCUT2D eigenvalue weighted by atomic mass is 79.9. The third-order valence-electron chi connectivity index (χ3n) is 3.12. The Labute approximate surface area is 150 Å². The van der Waals surface area contributed by atoms with Crippen molar-refractivity contribution in [2.24, 2.45) is 7.05 Å². The van der Waals surface area contributed by atoms with Crippen molar-refractivity contribution < 1.29 is 9.18 Å². The van der Waals surface area contributed by atoms with Crippen molar-refractivity contribution in [1.29, 1.82) is 0 Å². The summed E-state index contributed by atoms with van der Waals surface area (Å²) >= 11 is 4.60. The minimum atomic E-state index is -0.450. The maximum atomic E-state index is 13.3. The third-order valence-corrected chi connectivity index (χ3v) is 4.57. The molecule has 0 saturated carbocycles. The first-order valence-electron chi connectivity index (χ1n) is 6.93. The van der Waals surface area contributed by atoms with Crippen molar-refractivity contribution in [3.8, 4) is 0 Å². The highest BCUT2D eigenvalue weighted by molar-refractivity contribution is 9.10. The molecule has 0 aliphatic heterocycles. The number of aromatic nitrogens is 3. The largest absolute Gasteiger partial charge is 0.321 e. The Balaban J connectivity index is 1.84. The fraction of sp³-hybridized carbons (Fsp3) is 0.0625. The number of carbonyl (C=O) groups is 1. The first-order chi connectivity index (χ1) is 11.5. The standard InChI is InChI=1S/C16H12BrFN4OS/c1-22-16(20-15(17)21-22)24-13-8-3-2-7-12(13)19-14(23)10-5-4-6-11(18)9-10/h2-9H,1H3,(H,19,23). The van der Waals surface area contributed by atoms with Crippen LogP contribution >= 0.6 is 27.7 Å². The number of carbonyl (C=O) groups excluding carboxylic acids is 1. The van der Waals surface area contributed by atoms with Gasteiger partial charge in [0.2, 0.25) is 4.73 Å². The molecule has 0 saturated heterocycles. The third kappa shape index (κ3) is 3.82. The molecule has 0 bridgehead atoms. The zero-order chi connectivity index (χ0) is 17.1. The van der Waals surface area contributed by atoms with Crippen LogP contribution in [0.2, 0.25) is 0 Å². The fourth-order valence-electron chi connectivity index (χ4n) is 2.01. The number of nitrogens with one attached hydrogen (secondary N) is 1. The lowest BCUT2D eigenvalue weighted by molar-refractivity contribution is 0.102. The molecule has 1 aromatic heterocycles. The molecule has 3 aromatic rings. The van der Waals surface area contributed by atoms with Crippen LogP contribution in [-0.4, -0.2) is 20.7 Å². The van der Waals surface area contributed by atoms with Crippen LogP contribution in [0, 0.1) is 5.82 Å². The molecule has 1 N–H and O–H groups in total. The fourth-order valence-corrected chi connectivity index (χ4v) is 3.41. The van der Waals surface area contributed by atoms with Gasteiger partial charge in [-0.05, 0) is 58.0 Å². The van der Waals surface area contributed by atoms with Crippen molar-refractivity contribution in [1.82, 2.24) is 14.8 Å². The van der Waals surface area contributed by atoms with E-state index in [1.165, 1.54) is 30.0 Å². The Morgan fingerprint density at radius 2 is 2.04 bits per heavy atom. The average Bonchev–Trinajstić information content (AvgIpc) is 2.87.